The molecule has 0 radical (unpaired) electrons. The van der Waals surface area contributed by atoms with Gasteiger partial charge in [0.05, 0.1) is 23.9 Å². The number of aromatic nitrogens is 1. The molecule has 5 nitrogen and oxygen atoms in total. The minimum absolute atomic E-state index is 0.667. The maximum absolute atomic E-state index is 5.29. The quantitative estimate of drug-likeness (QED) is 0.437. The van der Waals surface area contributed by atoms with Gasteiger partial charge < -0.3 is 15.4 Å². The van der Waals surface area contributed by atoms with E-state index < -0.39 is 0 Å². The molecule has 1 aromatic heterocycles. The monoisotopic (exact) mass is 298 g/mol. The number of guanidine groups is 1. The summed E-state index contributed by atoms with van der Waals surface area (Å²) in [7, 11) is 0. The molecule has 0 aliphatic heterocycles. The van der Waals surface area contributed by atoms with E-state index >= 15 is 0 Å². The molecule has 0 aliphatic rings. The summed E-state index contributed by atoms with van der Waals surface area (Å²) >= 11 is 1.77. The first kappa shape index (κ1) is 16.9. The van der Waals surface area contributed by atoms with Crippen molar-refractivity contribution >= 4 is 17.3 Å². The molecule has 0 spiro atoms. The molecule has 0 saturated carbocycles. The molecular formula is C14H26N4OS. The van der Waals surface area contributed by atoms with Crippen molar-refractivity contribution in [3.05, 3.63) is 15.6 Å². The maximum atomic E-state index is 5.29. The second kappa shape index (κ2) is 9.72. The zero-order valence-electron chi connectivity index (χ0n) is 13.0. The van der Waals surface area contributed by atoms with E-state index in [0.29, 0.717) is 13.2 Å². The van der Waals surface area contributed by atoms with Gasteiger partial charge in [0.1, 0.15) is 0 Å². The number of nitrogens with one attached hydrogen (secondary N) is 2. The van der Waals surface area contributed by atoms with Crippen molar-refractivity contribution in [3.8, 4) is 0 Å². The van der Waals surface area contributed by atoms with Gasteiger partial charge >= 0.3 is 0 Å². The Morgan fingerprint density at radius 1 is 1.30 bits per heavy atom. The van der Waals surface area contributed by atoms with E-state index in [0.717, 1.165) is 42.8 Å². The molecule has 0 aliphatic carbocycles. The van der Waals surface area contributed by atoms with Gasteiger partial charge in [0.25, 0.3) is 0 Å². The Balaban J connectivity index is 2.36. The summed E-state index contributed by atoms with van der Waals surface area (Å²) in [5, 5.41) is 7.72. The molecule has 0 saturated heterocycles. The van der Waals surface area contributed by atoms with Crippen molar-refractivity contribution in [2.45, 2.75) is 34.1 Å². The lowest BCUT2D eigenvalue weighted by molar-refractivity contribution is 0.155. The van der Waals surface area contributed by atoms with E-state index in [1.54, 1.807) is 11.3 Å². The van der Waals surface area contributed by atoms with Crippen LogP contribution in [0.5, 0.6) is 0 Å². The van der Waals surface area contributed by atoms with E-state index in [1.807, 2.05) is 13.8 Å². The van der Waals surface area contributed by atoms with E-state index in [2.05, 4.69) is 34.5 Å². The fraction of sp³-hybridized carbons (Fsp3) is 0.714. The first-order chi connectivity index (χ1) is 9.67. The Kier molecular flexibility index (Phi) is 8.22. The van der Waals surface area contributed by atoms with Gasteiger partial charge in [-0.1, -0.05) is 0 Å². The van der Waals surface area contributed by atoms with Crippen LogP contribution in [-0.4, -0.2) is 43.8 Å². The molecule has 0 aromatic carbocycles. The van der Waals surface area contributed by atoms with E-state index in [4.69, 9.17) is 4.74 Å². The molecule has 0 unspecified atom stereocenters. The fourth-order valence-electron chi connectivity index (χ4n) is 1.81. The molecule has 114 valence electrons. The highest BCUT2D eigenvalue weighted by Gasteiger charge is 2.04. The molecule has 20 heavy (non-hydrogen) atoms. The van der Waals surface area contributed by atoms with Crippen molar-refractivity contribution < 1.29 is 4.74 Å². The molecule has 2 N–H and O–H groups in total. The molecule has 1 aromatic rings. The van der Waals surface area contributed by atoms with Gasteiger partial charge in [0, 0.05) is 31.0 Å². The normalized spacial score (nSPS) is 11.7. The van der Waals surface area contributed by atoms with Crippen LogP contribution in [-0.2, 0) is 11.2 Å². The van der Waals surface area contributed by atoms with Gasteiger partial charge in [0.2, 0.25) is 0 Å². The van der Waals surface area contributed by atoms with E-state index in [-0.39, 0.29) is 0 Å². The van der Waals surface area contributed by atoms with Gasteiger partial charge in [-0.25, -0.2) is 4.98 Å². The molecule has 1 rings (SSSR count). The predicted molar refractivity (Wildman–Crippen MR) is 85.8 cm³/mol. The van der Waals surface area contributed by atoms with Crippen LogP contribution in [0.4, 0.5) is 0 Å². The molecule has 0 amide bonds. The second-order valence-corrected chi connectivity index (χ2v) is 5.66. The van der Waals surface area contributed by atoms with Crippen molar-refractivity contribution in [2.75, 3.05) is 32.8 Å². The van der Waals surface area contributed by atoms with Crippen LogP contribution >= 0.6 is 11.3 Å². The molecule has 1 heterocycles. The van der Waals surface area contributed by atoms with Crippen LogP contribution in [0, 0.1) is 13.8 Å². The molecular weight excluding hydrogens is 272 g/mol. The van der Waals surface area contributed by atoms with Crippen LogP contribution < -0.4 is 10.6 Å². The van der Waals surface area contributed by atoms with Crippen LogP contribution in [0.1, 0.15) is 29.4 Å². The minimum atomic E-state index is 0.667. The average Bonchev–Trinajstić information content (AvgIpc) is 2.73. The minimum Gasteiger partial charge on any atom is -0.380 e. The summed E-state index contributed by atoms with van der Waals surface area (Å²) in [6, 6.07) is 0. The van der Waals surface area contributed by atoms with Crippen LogP contribution in [0.3, 0.4) is 0 Å². The summed E-state index contributed by atoms with van der Waals surface area (Å²) in [6.45, 7) is 12.0. The van der Waals surface area contributed by atoms with Crippen LogP contribution in [0.15, 0.2) is 4.99 Å². The van der Waals surface area contributed by atoms with Crippen molar-refractivity contribution in [1.29, 1.82) is 0 Å². The lowest BCUT2D eigenvalue weighted by atomic mass is 10.3. The standard InChI is InChI=1S/C14H26N4OS/c1-5-15-14(17-9-10-19-6-2)16-8-7-13-11(3)18-12(4)20-13/h5-10H2,1-4H3,(H2,15,16,17). The van der Waals surface area contributed by atoms with Gasteiger partial charge in [0.15, 0.2) is 5.96 Å². The molecule has 0 fully saturated rings. The van der Waals surface area contributed by atoms with Crippen LogP contribution in [0.2, 0.25) is 0 Å². The molecule has 0 bridgehead atoms. The zero-order valence-corrected chi connectivity index (χ0v) is 13.8. The Bertz CT molecular complexity index is 417. The van der Waals surface area contributed by atoms with Crippen molar-refractivity contribution in [3.63, 3.8) is 0 Å². The number of rotatable bonds is 8. The smallest absolute Gasteiger partial charge is 0.191 e. The second-order valence-electron chi connectivity index (χ2n) is 4.38. The largest absolute Gasteiger partial charge is 0.380 e. The average molecular weight is 298 g/mol. The Hall–Kier alpha value is -1.14. The van der Waals surface area contributed by atoms with Crippen molar-refractivity contribution in [2.24, 2.45) is 4.99 Å². The topological polar surface area (TPSA) is 58.5 Å². The fourth-order valence-corrected chi connectivity index (χ4v) is 2.74. The maximum Gasteiger partial charge on any atom is 0.191 e. The number of aryl methyl sites for hydroxylation is 2. The van der Waals surface area contributed by atoms with Crippen LogP contribution in [0.25, 0.3) is 0 Å². The number of nitrogens with zero attached hydrogens (tertiary/aromatic N) is 2. The predicted octanol–water partition coefficient (Wildman–Crippen LogP) is 1.89. The van der Waals surface area contributed by atoms with Crippen molar-refractivity contribution in [1.82, 2.24) is 15.6 Å². The summed E-state index contributed by atoms with van der Waals surface area (Å²) in [4.78, 5) is 10.3. The number of ether oxygens (including phenoxy) is 1. The third-order valence-electron chi connectivity index (χ3n) is 2.70. The number of hydrogen-bond donors (Lipinski definition) is 2. The zero-order chi connectivity index (χ0) is 14.8. The number of aliphatic imine (C=N–C) groups is 1. The summed E-state index contributed by atoms with van der Waals surface area (Å²) in [5.74, 6) is 0.853. The summed E-state index contributed by atoms with van der Waals surface area (Å²) < 4.78 is 5.29. The van der Waals surface area contributed by atoms with E-state index in [1.165, 1.54) is 4.88 Å². The highest BCUT2D eigenvalue weighted by Crippen LogP contribution is 2.16. The highest BCUT2D eigenvalue weighted by atomic mass is 32.1. The first-order valence-corrected chi connectivity index (χ1v) is 8.01. The van der Waals surface area contributed by atoms with Gasteiger partial charge in [-0.2, -0.15) is 0 Å². The number of hydrogen-bond acceptors (Lipinski definition) is 4. The highest BCUT2D eigenvalue weighted by molar-refractivity contribution is 7.11. The Morgan fingerprint density at radius 3 is 2.70 bits per heavy atom. The third kappa shape index (κ3) is 6.34. The number of thiazole rings is 1. The molecule has 0 atom stereocenters. The Labute approximate surface area is 125 Å². The molecule has 6 heteroatoms. The summed E-state index contributed by atoms with van der Waals surface area (Å²) in [6.07, 6.45) is 0.979. The van der Waals surface area contributed by atoms with Gasteiger partial charge in [-0.05, 0) is 27.7 Å². The van der Waals surface area contributed by atoms with E-state index in [9.17, 15) is 0 Å². The van der Waals surface area contributed by atoms with Gasteiger partial charge in [-0.15, -0.1) is 11.3 Å². The van der Waals surface area contributed by atoms with Gasteiger partial charge in [-0.3, -0.25) is 4.99 Å². The third-order valence-corrected chi connectivity index (χ3v) is 3.83. The SMILES string of the molecule is CCNC(=NCCOCC)NCCc1sc(C)nc1C. The Morgan fingerprint density at radius 2 is 2.10 bits per heavy atom. The summed E-state index contributed by atoms with van der Waals surface area (Å²) in [5.41, 5.74) is 1.15. The first-order valence-electron chi connectivity index (χ1n) is 7.20. The lowest BCUT2D eigenvalue weighted by Gasteiger charge is -2.10. The lowest BCUT2D eigenvalue weighted by Crippen LogP contribution is -2.38.